The predicted octanol–water partition coefficient (Wildman–Crippen LogP) is 3.70. The Hall–Kier alpha value is -3.29. The monoisotopic (exact) mass is 372 g/mol. The van der Waals surface area contributed by atoms with Crippen molar-refractivity contribution in [1.82, 2.24) is 4.90 Å². The molecule has 1 amide bonds. The van der Waals surface area contributed by atoms with Crippen molar-refractivity contribution in [3.8, 4) is 11.5 Å². The Labute approximate surface area is 156 Å². The van der Waals surface area contributed by atoms with E-state index in [-0.39, 0.29) is 18.4 Å². The molecule has 0 unspecified atom stereocenters. The molecule has 8 heteroatoms. The van der Waals surface area contributed by atoms with E-state index in [4.69, 9.17) is 14.6 Å². The topological polar surface area (TPSA) is 102 Å². The van der Waals surface area contributed by atoms with Gasteiger partial charge < -0.3 is 19.5 Å². The van der Waals surface area contributed by atoms with Crippen LogP contribution in [0.25, 0.3) is 0 Å². The number of nitro benzene ring substituents is 1. The lowest BCUT2D eigenvalue weighted by Crippen LogP contribution is -2.41. The highest BCUT2D eigenvalue weighted by Crippen LogP contribution is 2.23. The fourth-order valence-corrected chi connectivity index (χ4v) is 2.90. The zero-order valence-corrected chi connectivity index (χ0v) is 14.6. The van der Waals surface area contributed by atoms with Gasteiger partial charge in [-0.15, -0.1) is 0 Å². The van der Waals surface area contributed by atoms with E-state index in [1.54, 1.807) is 36.4 Å². The predicted molar refractivity (Wildman–Crippen MR) is 97.1 cm³/mol. The van der Waals surface area contributed by atoms with E-state index in [9.17, 15) is 14.9 Å². The lowest BCUT2D eigenvalue weighted by molar-refractivity contribution is -0.384. The van der Waals surface area contributed by atoms with E-state index in [1.165, 1.54) is 17.0 Å². The largest absolute Gasteiger partial charge is 0.490 e. The summed E-state index contributed by atoms with van der Waals surface area (Å²) in [6, 6.07) is 13.5. The molecule has 1 saturated heterocycles. The summed E-state index contributed by atoms with van der Waals surface area (Å²) in [4.78, 5) is 22.7. The highest BCUT2D eigenvalue weighted by Gasteiger charge is 2.23. The Morgan fingerprint density at radius 3 is 2.44 bits per heavy atom. The van der Waals surface area contributed by atoms with Gasteiger partial charge in [-0.05, 0) is 29.8 Å². The van der Waals surface area contributed by atoms with E-state index >= 15 is 0 Å². The third-order valence-corrected chi connectivity index (χ3v) is 4.37. The molecule has 1 aliphatic rings. The summed E-state index contributed by atoms with van der Waals surface area (Å²) in [5, 5.41) is 19.8. The number of non-ortho nitro benzene ring substituents is 1. The van der Waals surface area contributed by atoms with Crippen molar-refractivity contribution in [2.75, 3.05) is 13.1 Å². The first-order valence-electron chi connectivity index (χ1n) is 8.62. The summed E-state index contributed by atoms with van der Waals surface area (Å²) in [5.41, 5.74) is 0.753. The molecule has 0 radical (unpaired) electrons. The molecule has 0 spiro atoms. The van der Waals surface area contributed by atoms with Crippen LogP contribution < -0.4 is 9.47 Å². The molecular weight excluding hydrogens is 352 g/mol. The van der Waals surface area contributed by atoms with Crippen molar-refractivity contribution in [2.24, 2.45) is 0 Å². The molecule has 1 aliphatic heterocycles. The molecule has 0 aromatic heterocycles. The van der Waals surface area contributed by atoms with E-state index in [1.807, 2.05) is 0 Å². The number of hydrogen-bond donors (Lipinski definition) is 1. The molecule has 1 fully saturated rings. The van der Waals surface area contributed by atoms with E-state index in [0.717, 1.165) is 5.56 Å². The summed E-state index contributed by atoms with van der Waals surface area (Å²) in [6.45, 7) is 1.18. The molecule has 2 aromatic carbocycles. The first-order valence-corrected chi connectivity index (χ1v) is 8.62. The Kier molecular flexibility index (Phi) is 5.75. The molecule has 142 valence electrons. The van der Waals surface area contributed by atoms with Crippen molar-refractivity contribution >= 4 is 11.8 Å². The molecule has 0 bridgehead atoms. The van der Waals surface area contributed by atoms with Crippen LogP contribution in [0.1, 0.15) is 18.4 Å². The molecular formula is C19H20N2O6. The number of ether oxygens (including phenoxy) is 2. The van der Waals surface area contributed by atoms with Gasteiger partial charge in [-0.3, -0.25) is 10.1 Å². The molecule has 8 nitrogen and oxygen atoms in total. The lowest BCUT2D eigenvalue weighted by atomic mass is 10.1. The Morgan fingerprint density at radius 1 is 1.15 bits per heavy atom. The van der Waals surface area contributed by atoms with Crippen molar-refractivity contribution in [1.29, 1.82) is 0 Å². The summed E-state index contributed by atoms with van der Waals surface area (Å²) < 4.78 is 11.6. The highest BCUT2D eigenvalue weighted by molar-refractivity contribution is 5.65. The fraction of sp³-hybridized carbons (Fsp3) is 0.316. The van der Waals surface area contributed by atoms with Crippen molar-refractivity contribution in [3.63, 3.8) is 0 Å². The zero-order valence-electron chi connectivity index (χ0n) is 14.6. The van der Waals surface area contributed by atoms with Crippen LogP contribution in [0.2, 0.25) is 0 Å². The van der Waals surface area contributed by atoms with Crippen LogP contribution in [0.3, 0.4) is 0 Å². The van der Waals surface area contributed by atoms with Crippen molar-refractivity contribution in [2.45, 2.75) is 25.6 Å². The maximum Gasteiger partial charge on any atom is 0.407 e. The van der Waals surface area contributed by atoms with Gasteiger partial charge in [0, 0.05) is 38.1 Å². The van der Waals surface area contributed by atoms with Crippen LogP contribution in [-0.4, -0.2) is 40.2 Å². The minimum absolute atomic E-state index is 0.00256. The van der Waals surface area contributed by atoms with E-state index in [0.29, 0.717) is 37.4 Å². The second kappa shape index (κ2) is 8.39. The van der Waals surface area contributed by atoms with Crippen LogP contribution in [0.5, 0.6) is 11.5 Å². The highest BCUT2D eigenvalue weighted by atomic mass is 16.6. The van der Waals surface area contributed by atoms with Gasteiger partial charge in [-0.25, -0.2) is 4.79 Å². The van der Waals surface area contributed by atoms with Gasteiger partial charge in [0.1, 0.15) is 24.2 Å². The minimum atomic E-state index is -0.890. The van der Waals surface area contributed by atoms with Crippen LogP contribution >= 0.6 is 0 Å². The molecule has 27 heavy (non-hydrogen) atoms. The molecule has 0 aliphatic carbocycles. The number of nitrogens with zero attached hydrogens (tertiary/aromatic N) is 2. The number of nitro groups is 1. The summed E-state index contributed by atoms with van der Waals surface area (Å²) in [6.07, 6.45) is 0.435. The third kappa shape index (κ3) is 5.10. The van der Waals surface area contributed by atoms with Gasteiger partial charge in [0.15, 0.2) is 0 Å². The number of carbonyl (C=O) groups is 1. The number of carboxylic acid groups (broad SMARTS) is 1. The van der Waals surface area contributed by atoms with Crippen LogP contribution in [0, 0.1) is 10.1 Å². The second-order valence-corrected chi connectivity index (χ2v) is 6.27. The molecule has 1 N–H and O–H groups in total. The Morgan fingerprint density at radius 2 is 1.81 bits per heavy atom. The molecule has 0 atom stereocenters. The number of hydrogen-bond acceptors (Lipinski definition) is 5. The first kappa shape index (κ1) is 18.5. The summed E-state index contributed by atoms with van der Waals surface area (Å²) in [5.74, 6) is 1.33. The summed E-state index contributed by atoms with van der Waals surface area (Å²) >= 11 is 0. The smallest absolute Gasteiger partial charge is 0.407 e. The van der Waals surface area contributed by atoms with Crippen molar-refractivity contribution < 1.29 is 24.3 Å². The van der Waals surface area contributed by atoms with Gasteiger partial charge in [0.2, 0.25) is 0 Å². The number of benzene rings is 2. The maximum atomic E-state index is 10.9. The molecule has 1 heterocycles. The lowest BCUT2D eigenvalue weighted by Gasteiger charge is -2.30. The van der Waals surface area contributed by atoms with Gasteiger partial charge in [0.25, 0.3) is 5.69 Å². The number of rotatable bonds is 6. The normalized spacial score (nSPS) is 14.6. The maximum absolute atomic E-state index is 10.9. The number of amides is 1. The fourth-order valence-electron chi connectivity index (χ4n) is 2.90. The van der Waals surface area contributed by atoms with Gasteiger partial charge in [-0.1, -0.05) is 12.1 Å². The zero-order chi connectivity index (χ0) is 19.2. The Balaban J connectivity index is 1.50. The number of piperidine rings is 1. The van der Waals surface area contributed by atoms with Crippen LogP contribution in [0.15, 0.2) is 48.5 Å². The number of likely N-dealkylation sites (tertiary alicyclic amines) is 1. The van der Waals surface area contributed by atoms with Crippen LogP contribution in [0.4, 0.5) is 10.5 Å². The SMILES string of the molecule is O=C(O)N1CCC(Oc2ccc(OCc3cccc([N+](=O)[O-])c3)cc2)CC1. The van der Waals surface area contributed by atoms with E-state index < -0.39 is 11.0 Å². The van der Waals surface area contributed by atoms with Crippen molar-refractivity contribution in [3.05, 3.63) is 64.2 Å². The van der Waals surface area contributed by atoms with Gasteiger partial charge >= 0.3 is 6.09 Å². The second-order valence-electron chi connectivity index (χ2n) is 6.27. The average Bonchev–Trinajstić information content (AvgIpc) is 2.68. The first-order chi connectivity index (χ1) is 13.0. The standard InChI is InChI=1S/C19H20N2O6/c22-19(23)20-10-8-18(9-11-20)27-17-6-4-16(5-7-17)26-13-14-2-1-3-15(12-14)21(24)25/h1-7,12,18H,8-11,13H2,(H,22,23). The average molecular weight is 372 g/mol. The van der Waals surface area contributed by atoms with Crippen LogP contribution in [-0.2, 0) is 6.61 Å². The van der Waals surface area contributed by atoms with Gasteiger partial charge in [0.05, 0.1) is 4.92 Å². The molecule has 2 aromatic rings. The van der Waals surface area contributed by atoms with E-state index in [2.05, 4.69) is 0 Å². The Bertz CT molecular complexity index is 800. The quantitative estimate of drug-likeness (QED) is 0.613. The molecule has 3 rings (SSSR count). The third-order valence-electron chi connectivity index (χ3n) is 4.37. The summed E-state index contributed by atoms with van der Waals surface area (Å²) in [7, 11) is 0. The van der Waals surface area contributed by atoms with Gasteiger partial charge in [-0.2, -0.15) is 0 Å². The molecule has 0 saturated carbocycles. The minimum Gasteiger partial charge on any atom is -0.490 e.